The summed E-state index contributed by atoms with van der Waals surface area (Å²) in [5.41, 5.74) is 13.4. The normalized spacial score (nSPS) is 10.2. The second kappa shape index (κ2) is 24.5. The van der Waals surface area contributed by atoms with E-state index >= 15 is 0 Å². The van der Waals surface area contributed by atoms with Gasteiger partial charge in [0.2, 0.25) is 0 Å². The van der Waals surface area contributed by atoms with Gasteiger partial charge in [-0.25, -0.2) is 0 Å². The molecule has 8 rings (SSSR count). The van der Waals surface area contributed by atoms with Crippen LogP contribution in [-0.2, 0) is 12.8 Å². The summed E-state index contributed by atoms with van der Waals surface area (Å²) in [7, 11) is 0. The standard InChI is InChI=1S/C16H18.C14H14O.2C14H14S/c1-13-7-3-5-9-15(13)11-12-16-10-6-4-8-14(16)2;1-11-6-8-13(9-7-11)15-14-5-3-4-12(2)10-14;1-11-3-7-13(8-4-11)15-14-9-5-12(2)6-10-14;1-11-6-8-13(9-7-11)15-14-5-3-4-12(2)10-14/h3-10H,11-12H2,1-2H3;3*3-10H,1-2H3. The van der Waals surface area contributed by atoms with E-state index in [-0.39, 0.29) is 0 Å². The Morgan fingerprint density at radius 1 is 0.295 bits per heavy atom. The van der Waals surface area contributed by atoms with Crippen LogP contribution in [0.3, 0.4) is 0 Å². The zero-order valence-electron chi connectivity index (χ0n) is 37.1. The summed E-state index contributed by atoms with van der Waals surface area (Å²) in [4.78, 5) is 5.19. The van der Waals surface area contributed by atoms with Crippen LogP contribution in [0.2, 0.25) is 0 Å². The fourth-order valence-corrected chi connectivity index (χ4v) is 7.99. The lowest BCUT2D eigenvalue weighted by Gasteiger charge is -2.07. The summed E-state index contributed by atoms with van der Waals surface area (Å²) in [5, 5.41) is 0. The summed E-state index contributed by atoms with van der Waals surface area (Å²) < 4.78 is 5.71. The van der Waals surface area contributed by atoms with E-state index in [4.69, 9.17) is 4.74 Å². The first-order valence-corrected chi connectivity index (χ1v) is 22.6. The van der Waals surface area contributed by atoms with Crippen molar-refractivity contribution < 1.29 is 4.74 Å². The van der Waals surface area contributed by atoms with E-state index in [0.29, 0.717) is 0 Å². The molecule has 0 aliphatic rings. The van der Waals surface area contributed by atoms with Crippen LogP contribution in [0.1, 0.15) is 55.6 Å². The summed E-state index contributed by atoms with van der Waals surface area (Å²) >= 11 is 3.62. The fourth-order valence-electron chi connectivity index (χ4n) is 6.24. The third-order valence-electron chi connectivity index (χ3n) is 9.96. The molecule has 0 atom stereocenters. The van der Waals surface area contributed by atoms with Gasteiger partial charge in [0.25, 0.3) is 0 Å². The molecule has 0 amide bonds. The van der Waals surface area contributed by atoms with Crippen molar-refractivity contribution in [2.45, 2.75) is 87.8 Å². The zero-order valence-corrected chi connectivity index (χ0v) is 38.7. The fraction of sp³-hybridized carbons (Fsp3) is 0.172. The van der Waals surface area contributed by atoms with Gasteiger partial charge in [-0.05, 0) is 169 Å². The third kappa shape index (κ3) is 17.0. The monoisotopic (exact) mass is 836 g/mol. The predicted octanol–water partition coefficient (Wildman–Crippen LogP) is 17.1. The van der Waals surface area contributed by atoms with Gasteiger partial charge in [0, 0.05) is 19.6 Å². The summed E-state index contributed by atoms with van der Waals surface area (Å²) in [6.45, 7) is 17.0. The zero-order chi connectivity index (χ0) is 43.4. The Kier molecular flexibility index (Phi) is 18.6. The molecule has 0 radical (unpaired) electrons. The molecule has 0 bridgehead atoms. The molecule has 310 valence electrons. The number of aryl methyl sites for hydroxylation is 10. The molecule has 0 unspecified atom stereocenters. The Bertz CT molecular complexity index is 2320. The van der Waals surface area contributed by atoms with Crippen molar-refractivity contribution in [3.8, 4) is 11.5 Å². The van der Waals surface area contributed by atoms with E-state index in [9.17, 15) is 0 Å². The molecule has 8 aromatic carbocycles. The minimum absolute atomic E-state index is 0.881. The Balaban J connectivity index is 0.000000154. The highest BCUT2D eigenvalue weighted by molar-refractivity contribution is 7.99. The van der Waals surface area contributed by atoms with Gasteiger partial charge in [0.05, 0.1) is 0 Å². The number of benzene rings is 8. The average molecular weight is 837 g/mol. The van der Waals surface area contributed by atoms with Gasteiger partial charge in [0.1, 0.15) is 11.5 Å². The number of rotatable bonds is 9. The van der Waals surface area contributed by atoms with Crippen LogP contribution in [0.15, 0.2) is 214 Å². The quantitative estimate of drug-likeness (QED) is 0.143. The van der Waals surface area contributed by atoms with Crippen molar-refractivity contribution in [2.75, 3.05) is 0 Å². The van der Waals surface area contributed by atoms with Gasteiger partial charge >= 0.3 is 0 Å². The molecule has 0 N–H and O–H groups in total. The Morgan fingerprint density at radius 2 is 0.672 bits per heavy atom. The molecule has 0 heterocycles. The maximum absolute atomic E-state index is 5.71. The SMILES string of the molecule is Cc1ccc(Oc2cccc(C)c2)cc1.Cc1ccc(Sc2ccc(C)cc2)cc1.Cc1ccc(Sc2cccc(C)c2)cc1.Cc1ccccc1CCc1ccccc1C. The lowest BCUT2D eigenvalue weighted by Crippen LogP contribution is -1.95. The first-order chi connectivity index (χ1) is 29.5. The first-order valence-electron chi connectivity index (χ1n) is 21.0. The summed E-state index contributed by atoms with van der Waals surface area (Å²) in [6.07, 6.45) is 2.27. The van der Waals surface area contributed by atoms with Crippen molar-refractivity contribution in [2.24, 2.45) is 0 Å². The third-order valence-corrected chi connectivity index (χ3v) is 12.0. The minimum atomic E-state index is 0.881. The molecule has 0 aromatic heterocycles. The van der Waals surface area contributed by atoms with Gasteiger partial charge in [-0.3, -0.25) is 0 Å². The van der Waals surface area contributed by atoms with Crippen LogP contribution in [0.5, 0.6) is 11.5 Å². The molecule has 0 saturated heterocycles. The van der Waals surface area contributed by atoms with Crippen LogP contribution in [-0.4, -0.2) is 0 Å². The van der Waals surface area contributed by atoms with E-state index in [2.05, 4.69) is 207 Å². The lowest BCUT2D eigenvalue weighted by atomic mass is 9.98. The maximum Gasteiger partial charge on any atom is 0.127 e. The Labute approximate surface area is 375 Å². The van der Waals surface area contributed by atoms with Crippen LogP contribution in [0, 0.1) is 55.4 Å². The molecule has 8 aromatic rings. The molecular weight excluding hydrogens is 777 g/mol. The Morgan fingerprint density at radius 3 is 1.08 bits per heavy atom. The van der Waals surface area contributed by atoms with E-state index in [0.717, 1.165) is 24.3 Å². The first kappa shape index (κ1) is 46.3. The van der Waals surface area contributed by atoms with Crippen LogP contribution in [0.4, 0.5) is 0 Å². The van der Waals surface area contributed by atoms with Crippen molar-refractivity contribution in [3.63, 3.8) is 0 Å². The van der Waals surface area contributed by atoms with E-state index in [1.54, 1.807) is 11.8 Å². The second-order valence-electron chi connectivity index (χ2n) is 15.5. The predicted molar refractivity (Wildman–Crippen MR) is 265 cm³/mol. The van der Waals surface area contributed by atoms with Gasteiger partial charge < -0.3 is 4.74 Å². The largest absolute Gasteiger partial charge is 0.457 e. The summed E-state index contributed by atoms with van der Waals surface area (Å²) in [5.74, 6) is 1.77. The van der Waals surface area contributed by atoms with Gasteiger partial charge in [-0.1, -0.05) is 173 Å². The topological polar surface area (TPSA) is 9.23 Å². The maximum atomic E-state index is 5.71. The van der Waals surface area contributed by atoms with E-state index in [1.165, 1.54) is 75.2 Å². The van der Waals surface area contributed by atoms with Gasteiger partial charge in [0.15, 0.2) is 0 Å². The average Bonchev–Trinajstić information content (AvgIpc) is 3.25. The minimum Gasteiger partial charge on any atom is -0.457 e. The molecule has 0 saturated carbocycles. The van der Waals surface area contributed by atoms with Crippen LogP contribution in [0.25, 0.3) is 0 Å². The smallest absolute Gasteiger partial charge is 0.127 e. The molecule has 1 nitrogen and oxygen atoms in total. The van der Waals surface area contributed by atoms with Crippen molar-refractivity contribution in [3.05, 3.63) is 250 Å². The lowest BCUT2D eigenvalue weighted by molar-refractivity contribution is 0.482. The van der Waals surface area contributed by atoms with Gasteiger partial charge in [-0.2, -0.15) is 0 Å². The van der Waals surface area contributed by atoms with Crippen molar-refractivity contribution in [1.82, 2.24) is 0 Å². The van der Waals surface area contributed by atoms with E-state index in [1.807, 2.05) is 54.2 Å². The number of ether oxygens (including phenoxy) is 1. The second-order valence-corrected chi connectivity index (χ2v) is 17.8. The van der Waals surface area contributed by atoms with Gasteiger partial charge in [-0.15, -0.1) is 0 Å². The molecular formula is C58H60OS2. The van der Waals surface area contributed by atoms with E-state index < -0.39 is 0 Å². The molecule has 0 spiro atoms. The summed E-state index contributed by atoms with van der Waals surface area (Å²) in [6, 6.07) is 67.9. The highest BCUT2D eigenvalue weighted by Crippen LogP contribution is 2.29. The van der Waals surface area contributed by atoms with Crippen molar-refractivity contribution >= 4 is 23.5 Å². The molecule has 0 aliphatic carbocycles. The molecule has 61 heavy (non-hydrogen) atoms. The molecule has 0 aliphatic heterocycles. The molecule has 0 fully saturated rings. The number of hydrogen-bond acceptors (Lipinski definition) is 3. The number of hydrogen-bond donors (Lipinski definition) is 0. The highest BCUT2D eigenvalue weighted by Gasteiger charge is 2.02. The Hall–Kier alpha value is -5.74. The van der Waals surface area contributed by atoms with Crippen LogP contribution < -0.4 is 4.74 Å². The van der Waals surface area contributed by atoms with Crippen LogP contribution >= 0.6 is 23.5 Å². The van der Waals surface area contributed by atoms with Crippen molar-refractivity contribution in [1.29, 1.82) is 0 Å². The molecule has 3 heteroatoms. The highest BCUT2D eigenvalue weighted by atomic mass is 32.2.